The summed E-state index contributed by atoms with van der Waals surface area (Å²) in [6.07, 6.45) is 5.22. The Labute approximate surface area is 177 Å². The molecule has 1 saturated carbocycles. The number of ether oxygens (including phenoxy) is 3. The molecule has 0 unspecified atom stereocenters. The van der Waals surface area contributed by atoms with Crippen LogP contribution in [0.4, 0.5) is 10.5 Å². The Morgan fingerprint density at radius 1 is 1.20 bits per heavy atom. The van der Waals surface area contributed by atoms with Crippen molar-refractivity contribution in [1.82, 2.24) is 9.78 Å². The highest BCUT2D eigenvalue weighted by Gasteiger charge is 2.23. The zero-order valence-corrected chi connectivity index (χ0v) is 17.8. The number of nitrogens with one attached hydrogen (secondary N) is 1. The van der Waals surface area contributed by atoms with Crippen LogP contribution < -0.4 is 15.8 Å². The number of nitrogens with zero attached hydrogens (tertiary/aromatic N) is 2. The van der Waals surface area contributed by atoms with E-state index in [2.05, 4.69) is 10.4 Å². The van der Waals surface area contributed by atoms with E-state index in [1.54, 1.807) is 0 Å². The number of benzene rings is 1. The summed E-state index contributed by atoms with van der Waals surface area (Å²) in [6, 6.07) is 10.0. The second-order valence-corrected chi connectivity index (χ2v) is 7.85. The van der Waals surface area contributed by atoms with Gasteiger partial charge in [-0.25, -0.2) is 4.79 Å². The van der Waals surface area contributed by atoms with Gasteiger partial charge in [-0.3, -0.25) is 10.00 Å². The predicted octanol–water partition coefficient (Wildman–Crippen LogP) is 3.88. The molecule has 0 radical (unpaired) electrons. The first-order valence-corrected chi connectivity index (χ1v) is 10.6. The van der Waals surface area contributed by atoms with Gasteiger partial charge in [0.1, 0.15) is 18.9 Å². The van der Waals surface area contributed by atoms with Gasteiger partial charge in [-0.2, -0.15) is 0 Å². The lowest BCUT2D eigenvalue weighted by molar-refractivity contribution is 0.0541. The molecule has 8 nitrogen and oxygen atoms in total. The highest BCUT2D eigenvalue weighted by Crippen LogP contribution is 2.31. The number of amides is 1. The summed E-state index contributed by atoms with van der Waals surface area (Å²) in [5.74, 6) is 0.369. The van der Waals surface area contributed by atoms with Crippen LogP contribution in [-0.4, -0.2) is 41.2 Å². The van der Waals surface area contributed by atoms with E-state index in [-0.39, 0.29) is 24.8 Å². The first-order valence-electron chi connectivity index (χ1n) is 10.6. The molecule has 30 heavy (non-hydrogen) atoms. The lowest BCUT2D eigenvalue weighted by Crippen LogP contribution is -2.28. The Kier molecular flexibility index (Phi) is 8.10. The van der Waals surface area contributed by atoms with Crippen molar-refractivity contribution in [1.29, 1.82) is 0 Å². The zero-order valence-electron chi connectivity index (χ0n) is 17.8. The maximum atomic E-state index is 12.3. The van der Waals surface area contributed by atoms with Gasteiger partial charge in [0, 0.05) is 6.04 Å². The van der Waals surface area contributed by atoms with E-state index in [4.69, 9.17) is 19.9 Å². The quantitative estimate of drug-likeness (QED) is 0.602. The molecule has 1 heterocycles. The predicted molar refractivity (Wildman–Crippen MR) is 115 cm³/mol. The maximum absolute atomic E-state index is 12.3. The molecule has 0 spiro atoms. The minimum atomic E-state index is -0.549. The first-order chi connectivity index (χ1) is 14.5. The van der Waals surface area contributed by atoms with E-state index in [9.17, 15) is 4.79 Å². The van der Waals surface area contributed by atoms with Crippen LogP contribution in [0.1, 0.15) is 51.1 Å². The van der Waals surface area contributed by atoms with Gasteiger partial charge >= 0.3 is 6.09 Å². The smallest absolute Gasteiger partial charge is 0.412 e. The zero-order chi connectivity index (χ0) is 21.3. The molecule has 1 aliphatic rings. The van der Waals surface area contributed by atoms with Crippen LogP contribution in [0.2, 0.25) is 0 Å². The Balaban J connectivity index is 1.62. The molecule has 3 rings (SSSR count). The molecule has 8 heteroatoms. The standard InChI is InChI=1S/C22H32N4O4/c1-16(2)28-12-13-29-21-20(14-26(25-21)19-10-8-18(23)9-11-19)24-22(27)30-15-17-6-4-3-5-7-17/h3-7,14,16,18-19H,8-13,15,23H2,1-2H3,(H,24,27). The Hall–Kier alpha value is -2.58. The van der Waals surface area contributed by atoms with Crippen LogP contribution in [-0.2, 0) is 16.1 Å². The molecule has 0 saturated heterocycles. The van der Waals surface area contributed by atoms with E-state index in [1.165, 1.54) is 0 Å². The summed E-state index contributed by atoms with van der Waals surface area (Å²) in [5, 5.41) is 7.34. The van der Waals surface area contributed by atoms with Gasteiger partial charge in [-0.1, -0.05) is 30.3 Å². The van der Waals surface area contributed by atoms with E-state index in [1.807, 2.05) is 55.1 Å². The molecule has 1 aromatic carbocycles. The van der Waals surface area contributed by atoms with Gasteiger partial charge in [0.2, 0.25) is 0 Å². The lowest BCUT2D eigenvalue weighted by atomic mass is 9.92. The Morgan fingerprint density at radius 2 is 1.93 bits per heavy atom. The number of nitrogens with two attached hydrogens (primary N) is 1. The fourth-order valence-electron chi connectivity index (χ4n) is 3.41. The summed E-state index contributed by atoms with van der Waals surface area (Å²) >= 11 is 0. The van der Waals surface area contributed by atoms with Crippen LogP contribution in [0.3, 0.4) is 0 Å². The molecule has 164 valence electrons. The van der Waals surface area contributed by atoms with Crippen molar-refractivity contribution in [3.8, 4) is 5.88 Å². The van der Waals surface area contributed by atoms with Crippen molar-refractivity contribution >= 4 is 11.8 Å². The van der Waals surface area contributed by atoms with Crippen LogP contribution in [0.15, 0.2) is 36.5 Å². The Bertz CT molecular complexity index is 786. The minimum Gasteiger partial charge on any atom is -0.473 e. The fraction of sp³-hybridized carbons (Fsp3) is 0.545. The fourth-order valence-corrected chi connectivity index (χ4v) is 3.41. The van der Waals surface area contributed by atoms with Gasteiger partial charge in [-0.05, 0) is 45.1 Å². The average molecular weight is 417 g/mol. The number of hydrogen-bond acceptors (Lipinski definition) is 6. The molecule has 1 fully saturated rings. The summed E-state index contributed by atoms with van der Waals surface area (Å²) in [5.41, 5.74) is 7.43. The number of carbonyl (C=O) groups is 1. The summed E-state index contributed by atoms with van der Waals surface area (Å²) in [7, 11) is 0. The maximum Gasteiger partial charge on any atom is 0.412 e. The normalized spacial score (nSPS) is 18.9. The number of hydrogen-bond donors (Lipinski definition) is 2. The van der Waals surface area contributed by atoms with Gasteiger partial charge in [0.05, 0.1) is 24.9 Å². The molecule has 0 atom stereocenters. The molecule has 3 N–H and O–H groups in total. The van der Waals surface area contributed by atoms with Crippen LogP contribution in [0.25, 0.3) is 0 Å². The highest BCUT2D eigenvalue weighted by molar-refractivity contribution is 5.86. The molecular formula is C22H32N4O4. The molecule has 1 amide bonds. The van der Waals surface area contributed by atoms with Crippen LogP contribution in [0.5, 0.6) is 5.88 Å². The topological polar surface area (TPSA) is 101 Å². The summed E-state index contributed by atoms with van der Waals surface area (Å²) in [4.78, 5) is 12.3. The summed E-state index contributed by atoms with van der Waals surface area (Å²) in [6.45, 7) is 4.93. The van der Waals surface area contributed by atoms with Crippen molar-refractivity contribution < 1.29 is 19.0 Å². The van der Waals surface area contributed by atoms with Crippen molar-refractivity contribution in [2.24, 2.45) is 5.73 Å². The third kappa shape index (κ3) is 6.74. The SMILES string of the molecule is CC(C)OCCOc1nn(C2CCC(N)CC2)cc1NC(=O)OCc1ccccc1. The van der Waals surface area contributed by atoms with Crippen molar-refractivity contribution in [3.05, 3.63) is 42.1 Å². The second kappa shape index (κ2) is 11.0. The minimum absolute atomic E-state index is 0.128. The molecule has 0 aliphatic heterocycles. The molecule has 2 aromatic rings. The molecule has 1 aromatic heterocycles. The van der Waals surface area contributed by atoms with E-state index < -0.39 is 6.09 Å². The molecular weight excluding hydrogens is 384 g/mol. The Morgan fingerprint density at radius 3 is 2.63 bits per heavy atom. The molecule has 0 bridgehead atoms. The average Bonchev–Trinajstić information content (AvgIpc) is 3.13. The largest absolute Gasteiger partial charge is 0.473 e. The van der Waals surface area contributed by atoms with Gasteiger partial charge < -0.3 is 19.9 Å². The van der Waals surface area contributed by atoms with Crippen molar-refractivity contribution in [3.63, 3.8) is 0 Å². The van der Waals surface area contributed by atoms with Crippen molar-refractivity contribution in [2.45, 2.75) is 64.3 Å². The first kappa shape index (κ1) is 22.1. The monoisotopic (exact) mass is 416 g/mol. The van der Waals surface area contributed by atoms with Crippen molar-refractivity contribution in [2.75, 3.05) is 18.5 Å². The van der Waals surface area contributed by atoms with Gasteiger partial charge in [0.15, 0.2) is 0 Å². The van der Waals surface area contributed by atoms with Crippen LogP contribution in [0, 0.1) is 0 Å². The number of rotatable bonds is 9. The highest BCUT2D eigenvalue weighted by atomic mass is 16.6. The number of anilines is 1. The third-order valence-electron chi connectivity index (χ3n) is 5.04. The van der Waals surface area contributed by atoms with Gasteiger partial charge in [-0.15, -0.1) is 5.10 Å². The van der Waals surface area contributed by atoms with Crippen LogP contribution >= 0.6 is 0 Å². The number of aromatic nitrogens is 2. The van der Waals surface area contributed by atoms with E-state index in [0.717, 1.165) is 31.2 Å². The third-order valence-corrected chi connectivity index (χ3v) is 5.04. The van der Waals surface area contributed by atoms with E-state index in [0.29, 0.717) is 24.8 Å². The summed E-state index contributed by atoms with van der Waals surface area (Å²) < 4.78 is 18.5. The second-order valence-electron chi connectivity index (χ2n) is 7.85. The number of carbonyl (C=O) groups excluding carboxylic acids is 1. The molecule has 1 aliphatic carbocycles. The van der Waals surface area contributed by atoms with E-state index >= 15 is 0 Å². The lowest BCUT2D eigenvalue weighted by Gasteiger charge is -2.26. The van der Waals surface area contributed by atoms with Gasteiger partial charge in [0.25, 0.3) is 5.88 Å².